The number of benzene rings is 1. The predicted octanol–water partition coefficient (Wildman–Crippen LogP) is 1.98. The number of hydrogen-bond acceptors (Lipinski definition) is 3. The predicted molar refractivity (Wildman–Crippen MR) is 74.0 cm³/mol. The number of carbonyl (C=O) groups is 1. The van der Waals surface area contributed by atoms with Crippen LogP contribution in [0.2, 0.25) is 0 Å². The Morgan fingerprint density at radius 3 is 3.00 bits per heavy atom. The molecule has 0 saturated heterocycles. The largest absolute Gasteiger partial charge is 0.320 e. The average Bonchev–Trinajstić information content (AvgIpc) is 2.48. The highest BCUT2D eigenvalue weighted by Gasteiger charge is 2.15. The lowest BCUT2D eigenvalue weighted by Crippen LogP contribution is -2.25. The maximum atomic E-state index is 12.1. The van der Waals surface area contributed by atoms with Crippen molar-refractivity contribution in [2.24, 2.45) is 0 Å². The van der Waals surface area contributed by atoms with Gasteiger partial charge in [-0.05, 0) is 42.3 Å². The van der Waals surface area contributed by atoms with Crippen LogP contribution in [0.15, 0.2) is 42.6 Å². The fraction of sp³-hybridized carbons (Fsp3) is 0.200. The number of anilines is 1. The van der Waals surface area contributed by atoms with Crippen LogP contribution in [0.1, 0.15) is 21.6 Å². The molecule has 96 valence electrons. The number of amides is 1. The molecule has 1 aliphatic heterocycles. The molecule has 4 nitrogen and oxygen atoms in total. The minimum Gasteiger partial charge on any atom is -0.320 e. The van der Waals surface area contributed by atoms with E-state index in [0.717, 1.165) is 25.2 Å². The molecule has 2 heterocycles. The fourth-order valence-corrected chi connectivity index (χ4v) is 2.33. The van der Waals surface area contributed by atoms with E-state index in [1.165, 1.54) is 11.1 Å². The second kappa shape index (κ2) is 5.20. The number of hydrogen-bond donors (Lipinski definition) is 2. The number of rotatable bonds is 2. The van der Waals surface area contributed by atoms with E-state index in [9.17, 15) is 4.79 Å². The Labute approximate surface area is 111 Å². The van der Waals surface area contributed by atoms with Crippen molar-refractivity contribution in [3.63, 3.8) is 0 Å². The molecule has 0 aliphatic carbocycles. The molecule has 0 atom stereocenters. The lowest BCUT2D eigenvalue weighted by atomic mass is 9.99. The highest BCUT2D eigenvalue weighted by molar-refractivity contribution is 6.03. The van der Waals surface area contributed by atoms with Crippen LogP contribution in [0, 0.1) is 0 Å². The highest BCUT2D eigenvalue weighted by atomic mass is 16.1. The molecule has 1 aromatic carbocycles. The number of nitrogens with zero attached hydrogens (tertiary/aromatic N) is 1. The van der Waals surface area contributed by atoms with Crippen LogP contribution in [-0.2, 0) is 13.0 Å². The number of aromatic nitrogens is 1. The summed E-state index contributed by atoms with van der Waals surface area (Å²) >= 11 is 0. The van der Waals surface area contributed by atoms with E-state index in [1.807, 2.05) is 18.2 Å². The minimum atomic E-state index is -0.160. The van der Waals surface area contributed by atoms with E-state index >= 15 is 0 Å². The number of nitrogens with one attached hydrogen (secondary N) is 2. The van der Waals surface area contributed by atoms with Crippen molar-refractivity contribution in [2.75, 3.05) is 11.9 Å². The molecule has 2 N–H and O–H groups in total. The zero-order valence-electron chi connectivity index (χ0n) is 10.5. The molecule has 19 heavy (non-hydrogen) atoms. The van der Waals surface area contributed by atoms with Crippen LogP contribution in [0.5, 0.6) is 0 Å². The fourth-order valence-electron chi connectivity index (χ4n) is 2.33. The Balaban J connectivity index is 1.86. The van der Waals surface area contributed by atoms with E-state index in [4.69, 9.17) is 0 Å². The monoisotopic (exact) mass is 253 g/mol. The van der Waals surface area contributed by atoms with E-state index in [2.05, 4.69) is 21.7 Å². The van der Waals surface area contributed by atoms with Gasteiger partial charge in [-0.25, -0.2) is 0 Å². The van der Waals surface area contributed by atoms with Gasteiger partial charge in [-0.2, -0.15) is 0 Å². The molecule has 0 spiro atoms. The summed E-state index contributed by atoms with van der Waals surface area (Å²) in [5, 5.41) is 6.29. The SMILES string of the molecule is O=C(Nc1cccc2c1CCNC2)c1ccccn1. The van der Waals surface area contributed by atoms with Crippen LogP contribution >= 0.6 is 0 Å². The van der Waals surface area contributed by atoms with E-state index in [-0.39, 0.29) is 5.91 Å². The lowest BCUT2D eigenvalue weighted by Gasteiger charge is -2.20. The summed E-state index contributed by atoms with van der Waals surface area (Å²) in [6.07, 6.45) is 2.56. The molecule has 4 heteroatoms. The third kappa shape index (κ3) is 2.48. The van der Waals surface area contributed by atoms with Gasteiger partial charge in [-0.1, -0.05) is 18.2 Å². The quantitative estimate of drug-likeness (QED) is 0.860. The van der Waals surface area contributed by atoms with Crippen LogP contribution in [0.25, 0.3) is 0 Å². The van der Waals surface area contributed by atoms with Crippen molar-refractivity contribution in [2.45, 2.75) is 13.0 Å². The third-order valence-electron chi connectivity index (χ3n) is 3.29. The molecule has 0 bridgehead atoms. The first-order valence-electron chi connectivity index (χ1n) is 6.38. The Kier molecular flexibility index (Phi) is 3.25. The van der Waals surface area contributed by atoms with Gasteiger partial charge in [0.25, 0.3) is 5.91 Å². The molecule has 0 unspecified atom stereocenters. The normalized spacial score (nSPS) is 13.7. The minimum absolute atomic E-state index is 0.160. The molecule has 0 saturated carbocycles. The summed E-state index contributed by atoms with van der Waals surface area (Å²) in [6, 6.07) is 11.3. The van der Waals surface area contributed by atoms with Crippen LogP contribution in [0.3, 0.4) is 0 Å². The summed E-state index contributed by atoms with van der Waals surface area (Å²) in [4.78, 5) is 16.2. The Morgan fingerprint density at radius 1 is 1.21 bits per heavy atom. The average molecular weight is 253 g/mol. The summed E-state index contributed by atoms with van der Waals surface area (Å²) in [6.45, 7) is 1.81. The van der Waals surface area contributed by atoms with Crippen molar-refractivity contribution in [3.05, 3.63) is 59.4 Å². The van der Waals surface area contributed by atoms with Crippen molar-refractivity contribution in [1.29, 1.82) is 0 Å². The van der Waals surface area contributed by atoms with Crippen molar-refractivity contribution in [3.8, 4) is 0 Å². The van der Waals surface area contributed by atoms with Crippen LogP contribution in [-0.4, -0.2) is 17.4 Å². The maximum Gasteiger partial charge on any atom is 0.274 e. The van der Waals surface area contributed by atoms with Crippen LogP contribution in [0.4, 0.5) is 5.69 Å². The zero-order valence-corrected chi connectivity index (χ0v) is 10.5. The van der Waals surface area contributed by atoms with Gasteiger partial charge in [0, 0.05) is 18.4 Å². The van der Waals surface area contributed by atoms with Crippen molar-refractivity contribution in [1.82, 2.24) is 10.3 Å². The summed E-state index contributed by atoms with van der Waals surface area (Å²) in [5.74, 6) is -0.160. The first-order valence-corrected chi connectivity index (χ1v) is 6.38. The molecular weight excluding hydrogens is 238 g/mol. The summed E-state index contributed by atoms with van der Waals surface area (Å²) < 4.78 is 0. The number of fused-ring (bicyclic) bond motifs is 1. The third-order valence-corrected chi connectivity index (χ3v) is 3.29. The van der Waals surface area contributed by atoms with E-state index in [0.29, 0.717) is 5.69 Å². The van der Waals surface area contributed by atoms with Gasteiger partial charge in [-0.15, -0.1) is 0 Å². The zero-order chi connectivity index (χ0) is 13.1. The second-order valence-corrected chi connectivity index (χ2v) is 4.54. The van der Waals surface area contributed by atoms with Crippen LogP contribution < -0.4 is 10.6 Å². The molecule has 2 aromatic rings. The lowest BCUT2D eigenvalue weighted by molar-refractivity contribution is 0.102. The summed E-state index contributed by atoms with van der Waals surface area (Å²) in [5.41, 5.74) is 3.82. The van der Waals surface area contributed by atoms with Gasteiger partial charge >= 0.3 is 0 Å². The van der Waals surface area contributed by atoms with E-state index in [1.54, 1.807) is 18.3 Å². The van der Waals surface area contributed by atoms with Gasteiger partial charge in [0.2, 0.25) is 0 Å². The van der Waals surface area contributed by atoms with Crippen molar-refractivity contribution < 1.29 is 4.79 Å². The second-order valence-electron chi connectivity index (χ2n) is 4.54. The molecule has 0 fully saturated rings. The summed E-state index contributed by atoms with van der Waals surface area (Å²) in [7, 11) is 0. The first kappa shape index (κ1) is 11.9. The Hall–Kier alpha value is -2.20. The van der Waals surface area contributed by atoms with Gasteiger partial charge in [0.05, 0.1) is 0 Å². The smallest absolute Gasteiger partial charge is 0.274 e. The van der Waals surface area contributed by atoms with Gasteiger partial charge in [-0.3, -0.25) is 9.78 Å². The van der Waals surface area contributed by atoms with Crippen molar-refractivity contribution >= 4 is 11.6 Å². The molecular formula is C15H15N3O. The Morgan fingerprint density at radius 2 is 2.16 bits per heavy atom. The van der Waals surface area contributed by atoms with Gasteiger partial charge in [0.15, 0.2) is 0 Å². The molecule has 1 amide bonds. The van der Waals surface area contributed by atoms with Gasteiger partial charge in [0.1, 0.15) is 5.69 Å². The Bertz CT molecular complexity index is 596. The number of pyridine rings is 1. The molecule has 1 aliphatic rings. The molecule has 3 rings (SSSR count). The van der Waals surface area contributed by atoms with E-state index < -0.39 is 0 Å². The van der Waals surface area contributed by atoms with Gasteiger partial charge < -0.3 is 10.6 Å². The number of carbonyl (C=O) groups excluding carboxylic acids is 1. The standard InChI is InChI=1S/C15H15N3O/c19-15(14-5-1-2-8-17-14)18-13-6-3-4-11-10-16-9-7-12(11)13/h1-6,8,16H,7,9-10H2,(H,18,19). The first-order chi connectivity index (χ1) is 9.34. The highest BCUT2D eigenvalue weighted by Crippen LogP contribution is 2.23. The molecule has 0 radical (unpaired) electrons. The topological polar surface area (TPSA) is 54.0 Å². The maximum absolute atomic E-state index is 12.1. The molecule has 1 aromatic heterocycles.